The van der Waals surface area contributed by atoms with Gasteiger partial charge >= 0.3 is 0 Å². The van der Waals surface area contributed by atoms with E-state index in [1.165, 1.54) is 11.1 Å². The number of hydrogen-bond acceptors (Lipinski definition) is 4. The molecule has 1 aliphatic carbocycles. The van der Waals surface area contributed by atoms with Crippen molar-refractivity contribution in [2.24, 2.45) is 5.41 Å². The molecule has 4 nitrogen and oxygen atoms in total. The average molecular weight is 375 g/mol. The fraction of sp³-hybridized carbons (Fsp3) is 0.882. The van der Waals surface area contributed by atoms with Gasteiger partial charge in [0.25, 0.3) is 0 Å². The quantitative estimate of drug-likeness (QED) is 0.556. The van der Waals surface area contributed by atoms with Gasteiger partial charge in [-0.05, 0) is 25.7 Å². The van der Waals surface area contributed by atoms with Crippen LogP contribution in [0.25, 0.3) is 0 Å². The molecule has 3 rings (SSSR count). The molecular formula is C17H27BrO4. The average Bonchev–Trinajstić information content (AvgIpc) is 3.06. The first-order chi connectivity index (χ1) is 10.3. The third kappa shape index (κ3) is 2.91. The summed E-state index contributed by atoms with van der Waals surface area (Å²) in [5.74, 6) is -0.929. The van der Waals surface area contributed by atoms with E-state index < -0.39 is 11.6 Å². The first-order valence-electron chi connectivity index (χ1n) is 8.18. The van der Waals surface area contributed by atoms with Crippen molar-refractivity contribution in [3.8, 4) is 0 Å². The number of halogens is 1. The van der Waals surface area contributed by atoms with Gasteiger partial charge in [0.05, 0.1) is 31.3 Å². The molecule has 1 unspecified atom stereocenters. The monoisotopic (exact) mass is 374 g/mol. The lowest BCUT2D eigenvalue weighted by Gasteiger charge is -2.47. The van der Waals surface area contributed by atoms with Crippen LogP contribution >= 0.6 is 15.9 Å². The highest BCUT2D eigenvalue weighted by Crippen LogP contribution is 2.52. The van der Waals surface area contributed by atoms with Gasteiger partial charge in [0.1, 0.15) is 0 Å². The normalized spacial score (nSPS) is 32.9. The molecule has 1 spiro atoms. The molecule has 0 bridgehead atoms. The Morgan fingerprint density at radius 1 is 1.00 bits per heavy atom. The highest BCUT2D eigenvalue weighted by molar-refractivity contribution is 9.09. The first-order valence-corrected chi connectivity index (χ1v) is 9.10. The Morgan fingerprint density at radius 3 is 2.14 bits per heavy atom. The predicted molar refractivity (Wildman–Crippen MR) is 88.0 cm³/mol. The first kappa shape index (κ1) is 16.9. The molecule has 22 heavy (non-hydrogen) atoms. The summed E-state index contributed by atoms with van der Waals surface area (Å²) >= 11 is 3.83. The third-order valence-corrected chi connectivity index (χ3v) is 6.64. The van der Waals surface area contributed by atoms with Crippen molar-refractivity contribution in [1.82, 2.24) is 0 Å². The van der Waals surface area contributed by atoms with Gasteiger partial charge in [-0.25, -0.2) is 0 Å². The van der Waals surface area contributed by atoms with Crippen LogP contribution in [-0.4, -0.2) is 42.8 Å². The Labute approximate surface area is 141 Å². The van der Waals surface area contributed by atoms with E-state index in [1.807, 2.05) is 6.92 Å². The maximum absolute atomic E-state index is 5.99. The molecule has 1 atom stereocenters. The van der Waals surface area contributed by atoms with E-state index in [-0.39, 0.29) is 10.2 Å². The second kappa shape index (κ2) is 5.85. The van der Waals surface area contributed by atoms with Crippen LogP contribution in [0.3, 0.4) is 0 Å². The number of rotatable bonds is 3. The Kier molecular flexibility index (Phi) is 4.49. The lowest BCUT2D eigenvalue weighted by Crippen LogP contribution is -2.49. The minimum atomic E-state index is -0.499. The van der Waals surface area contributed by atoms with Gasteiger partial charge in [-0.1, -0.05) is 40.9 Å². The van der Waals surface area contributed by atoms with Gasteiger partial charge in [0.15, 0.2) is 11.6 Å². The molecule has 0 aromatic heterocycles. The van der Waals surface area contributed by atoms with Crippen molar-refractivity contribution in [3.05, 3.63) is 11.1 Å². The minimum absolute atomic E-state index is 0.0493. The summed E-state index contributed by atoms with van der Waals surface area (Å²) < 4.78 is 23.5. The molecule has 0 radical (unpaired) electrons. The van der Waals surface area contributed by atoms with E-state index in [0.717, 1.165) is 19.3 Å². The number of hydrogen-bond donors (Lipinski definition) is 0. The molecule has 2 fully saturated rings. The molecular weight excluding hydrogens is 348 g/mol. The van der Waals surface area contributed by atoms with Crippen LogP contribution in [0.5, 0.6) is 0 Å². The highest BCUT2D eigenvalue weighted by atomic mass is 79.9. The zero-order valence-corrected chi connectivity index (χ0v) is 15.6. The van der Waals surface area contributed by atoms with E-state index >= 15 is 0 Å². The molecule has 0 aromatic rings. The van der Waals surface area contributed by atoms with Crippen LogP contribution in [0, 0.1) is 5.41 Å². The van der Waals surface area contributed by atoms with Gasteiger partial charge in [0, 0.05) is 12.8 Å². The lowest BCUT2D eigenvalue weighted by molar-refractivity contribution is -0.174. The predicted octanol–water partition coefficient (Wildman–Crippen LogP) is 3.78. The largest absolute Gasteiger partial charge is 0.348 e. The molecule has 126 valence electrons. The molecule has 5 heteroatoms. The minimum Gasteiger partial charge on any atom is -0.348 e. The van der Waals surface area contributed by atoms with Crippen LogP contribution in [0.4, 0.5) is 0 Å². The maximum atomic E-state index is 5.99. The van der Waals surface area contributed by atoms with Gasteiger partial charge < -0.3 is 18.9 Å². The van der Waals surface area contributed by atoms with Gasteiger partial charge in [-0.2, -0.15) is 0 Å². The van der Waals surface area contributed by atoms with Crippen LogP contribution < -0.4 is 0 Å². The van der Waals surface area contributed by atoms with E-state index in [0.29, 0.717) is 26.4 Å². The maximum Gasteiger partial charge on any atom is 0.185 e. The Balaban J connectivity index is 1.80. The second-order valence-electron chi connectivity index (χ2n) is 7.42. The van der Waals surface area contributed by atoms with E-state index in [4.69, 9.17) is 18.9 Å². The molecule has 0 saturated carbocycles. The van der Waals surface area contributed by atoms with Crippen molar-refractivity contribution < 1.29 is 18.9 Å². The Bertz CT molecular complexity index is 459. The Hall–Kier alpha value is 0.0600. The molecule has 2 saturated heterocycles. The molecule has 0 aromatic carbocycles. The zero-order chi connectivity index (χ0) is 16.0. The number of allylic oxidation sites excluding steroid dienone is 1. The summed E-state index contributed by atoms with van der Waals surface area (Å²) in [6.07, 6.45) is 2.74. The summed E-state index contributed by atoms with van der Waals surface area (Å²) in [6.45, 7) is 11.6. The fourth-order valence-electron chi connectivity index (χ4n) is 4.14. The van der Waals surface area contributed by atoms with Crippen molar-refractivity contribution in [2.75, 3.05) is 26.4 Å². The topological polar surface area (TPSA) is 36.9 Å². The molecule has 3 aliphatic rings. The van der Waals surface area contributed by atoms with Crippen molar-refractivity contribution in [3.63, 3.8) is 0 Å². The zero-order valence-electron chi connectivity index (χ0n) is 14.0. The van der Waals surface area contributed by atoms with Crippen molar-refractivity contribution in [2.45, 2.75) is 63.4 Å². The number of ether oxygens (including phenoxy) is 4. The van der Waals surface area contributed by atoms with Crippen LogP contribution in [-0.2, 0) is 18.9 Å². The van der Waals surface area contributed by atoms with Gasteiger partial charge in [-0.3, -0.25) is 0 Å². The lowest BCUT2D eigenvalue weighted by atomic mass is 9.68. The number of alkyl halides is 1. The Morgan fingerprint density at radius 2 is 1.55 bits per heavy atom. The smallest absolute Gasteiger partial charge is 0.185 e. The summed E-state index contributed by atoms with van der Waals surface area (Å²) in [5.41, 5.74) is 2.85. The molecule has 2 heterocycles. The summed E-state index contributed by atoms with van der Waals surface area (Å²) in [5, 5.41) is 0. The second-order valence-corrected chi connectivity index (χ2v) is 8.34. The molecule has 0 N–H and O–H groups in total. The van der Waals surface area contributed by atoms with Crippen LogP contribution in [0.15, 0.2) is 11.1 Å². The van der Waals surface area contributed by atoms with E-state index in [9.17, 15) is 0 Å². The third-order valence-electron chi connectivity index (χ3n) is 5.25. The standard InChI is InChI=1S/C17H27BrO4/c1-12-13(5-6-16(4)19-7-8-20-16)15(2,3)11-17(14(12)18)21-9-10-22-17/h14H,5-11H2,1-4H3. The van der Waals surface area contributed by atoms with E-state index in [2.05, 4.69) is 36.7 Å². The van der Waals surface area contributed by atoms with Crippen LogP contribution in [0.1, 0.15) is 47.0 Å². The fourth-order valence-corrected chi connectivity index (χ4v) is 4.84. The highest BCUT2D eigenvalue weighted by Gasteiger charge is 2.52. The van der Waals surface area contributed by atoms with Gasteiger partial charge in [-0.15, -0.1) is 0 Å². The summed E-state index contributed by atoms with van der Waals surface area (Å²) in [7, 11) is 0. The van der Waals surface area contributed by atoms with Crippen molar-refractivity contribution in [1.29, 1.82) is 0 Å². The van der Waals surface area contributed by atoms with E-state index in [1.54, 1.807) is 0 Å². The van der Waals surface area contributed by atoms with Crippen LogP contribution in [0.2, 0.25) is 0 Å². The molecule has 2 aliphatic heterocycles. The SMILES string of the molecule is CC1=C(CCC2(C)OCCO2)C(C)(C)CC2(OCCO2)C1Br. The molecule has 0 amide bonds. The van der Waals surface area contributed by atoms with Crippen molar-refractivity contribution >= 4 is 15.9 Å². The van der Waals surface area contributed by atoms with Gasteiger partial charge in [0.2, 0.25) is 0 Å². The summed E-state index contributed by atoms with van der Waals surface area (Å²) in [6, 6.07) is 0. The summed E-state index contributed by atoms with van der Waals surface area (Å²) in [4.78, 5) is 0.115.